The van der Waals surface area contributed by atoms with Gasteiger partial charge in [0.15, 0.2) is 6.61 Å². The topological polar surface area (TPSA) is 58.6 Å². The Balaban J connectivity index is 2.16. The fourth-order valence-corrected chi connectivity index (χ4v) is 3.15. The van der Waals surface area contributed by atoms with E-state index in [9.17, 15) is 9.59 Å². The van der Waals surface area contributed by atoms with Crippen molar-refractivity contribution in [3.63, 3.8) is 0 Å². The number of nitrogens with zero attached hydrogens (tertiary/aromatic N) is 1. The zero-order chi connectivity index (χ0) is 22.1. The average molecular weight is 411 g/mol. The number of rotatable bonds is 10. The minimum absolute atomic E-state index is 0.108. The van der Waals surface area contributed by atoms with Gasteiger partial charge in [0.1, 0.15) is 11.8 Å². The molecule has 162 valence electrons. The minimum Gasteiger partial charge on any atom is -0.484 e. The molecule has 30 heavy (non-hydrogen) atoms. The summed E-state index contributed by atoms with van der Waals surface area (Å²) in [6.07, 6.45) is 0.534. The summed E-state index contributed by atoms with van der Waals surface area (Å²) in [5, 5.41) is 2.97. The van der Waals surface area contributed by atoms with Crippen molar-refractivity contribution in [2.75, 3.05) is 13.2 Å². The standard InChI is InChI=1S/C25H34N2O3/c1-6-23(25(29)26-15-18(2)3)27(16-21-10-8-7-9-11-21)24(28)17-30-22-13-12-19(4)20(5)14-22/h7-14,18,23H,6,15-17H2,1-5H3,(H,26,29)/t23-/m0/s1. The maximum Gasteiger partial charge on any atom is 0.261 e. The monoisotopic (exact) mass is 410 g/mol. The molecule has 0 aliphatic carbocycles. The van der Waals surface area contributed by atoms with Gasteiger partial charge in [-0.1, -0.05) is 57.2 Å². The molecule has 0 spiro atoms. The van der Waals surface area contributed by atoms with E-state index in [1.807, 2.05) is 83.1 Å². The van der Waals surface area contributed by atoms with Crippen LogP contribution in [0.3, 0.4) is 0 Å². The fraction of sp³-hybridized carbons (Fsp3) is 0.440. The summed E-state index contributed by atoms with van der Waals surface area (Å²) >= 11 is 0. The highest BCUT2D eigenvalue weighted by molar-refractivity contribution is 5.88. The molecular weight excluding hydrogens is 376 g/mol. The lowest BCUT2D eigenvalue weighted by atomic mass is 10.1. The van der Waals surface area contributed by atoms with Crippen LogP contribution in [0.15, 0.2) is 48.5 Å². The Bertz CT molecular complexity index is 834. The van der Waals surface area contributed by atoms with Gasteiger partial charge in [-0.05, 0) is 55.0 Å². The van der Waals surface area contributed by atoms with E-state index in [0.717, 1.165) is 11.1 Å². The molecule has 0 aromatic heterocycles. The van der Waals surface area contributed by atoms with Crippen LogP contribution in [0.5, 0.6) is 5.75 Å². The van der Waals surface area contributed by atoms with Gasteiger partial charge in [-0.2, -0.15) is 0 Å². The highest BCUT2D eigenvalue weighted by Gasteiger charge is 2.29. The Morgan fingerprint density at radius 1 is 1.03 bits per heavy atom. The first-order chi connectivity index (χ1) is 14.3. The van der Waals surface area contributed by atoms with Gasteiger partial charge in [0.2, 0.25) is 5.91 Å². The SMILES string of the molecule is CC[C@@H](C(=O)NCC(C)C)N(Cc1ccccc1)C(=O)COc1ccc(C)c(C)c1. The summed E-state index contributed by atoms with van der Waals surface area (Å²) in [4.78, 5) is 27.6. The lowest BCUT2D eigenvalue weighted by Crippen LogP contribution is -2.50. The van der Waals surface area contributed by atoms with Crippen molar-refractivity contribution >= 4 is 11.8 Å². The Morgan fingerprint density at radius 3 is 2.33 bits per heavy atom. The van der Waals surface area contributed by atoms with Gasteiger partial charge in [0.05, 0.1) is 0 Å². The molecule has 0 radical (unpaired) electrons. The number of carbonyl (C=O) groups excluding carboxylic acids is 2. The van der Waals surface area contributed by atoms with Crippen molar-refractivity contribution < 1.29 is 14.3 Å². The Labute approximate surface area is 180 Å². The highest BCUT2D eigenvalue weighted by Crippen LogP contribution is 2.18. The second kappa shape index (κ2) is 11.4. The number of amides is 2. The molecule has 5 heteroatoms. The maximum atomic E-state index is 13.1. The van der Waals surface area contributed by atoms with E-state index in [0.29, 0.717) is 31.2 Å². The third kappa shape index (κ3) is 6.90. The molecule has 2 aromatic carbocycles. The lowest BCUT2D eigenvalue weighted by molar-refractivity contribution is -0.143. The summed E-state index contributed by atoms with van der Waals surface area (Å²) in [5.74, 6) is 0.673. The van der Waals surface area contributed by atoms with Crippen molar-refractivity contribution in [1.29, 1.82) is 0 Å². The summed E-state index contributed by atoms with van der Waals surface area (Å²) in [6.45, 7) is 10.9. The van der Waals surface area contributed by atoms with E-state index in [4.69, 9.17) is 4.74 Å². The van der Waals surface area contributed by atoms with Crippen LogP contribution in [0, 0.1) is 19.8 Å². The first-order valence-electron chi connectivity index (χ1n) is 10.6. The number of carbonyl (C=O) groups is 2. The second-order valence-electron chi connectivity index (χ2n) is 8.11. The molecule has 1 atom stereocenters. The normalized spacial score (nSPS) is 11.8. The zero-order valence-corrected chi connectivity index (χ0v) is 18.8. The average Bonchev–Trinajstić information content (AvgIpc) is 2.73. The number of nitrogens with one attached hydrogen (secondary N) is 1. The van der Waals surface area contributed by atoms with E-state index in [2.05, 4.69) is 5.32 Å². The number of hydrogen-bond donors (Lipinski definition) is 1. The number of hydrogen-bond acceptors (Lipinski definition) is 3. The molecule has 2 aromatic rings. The van der Waals surface area contributed by atoms with Crippen LogP contribution in [0.1, 0.15) is 43.9 Å². The Kier molecular flexibility index (Phi) is 8.90. The van der Waals surface area contributed by atoms with Gasteiger partial charge < -0.3 is 15.0 Å². The fourth-order valence-electron chi connectivity index (χ4n) is 3.15. The first-order valence-corrected chi connectivity index (χ1v) is 10.6. The maximum absolute atomic E-state index is 13.1. The van der Waals surface area contributed by atoms with Gasteiger partial charge >= 0.3 is 0 Å². The summed E-state index contributed by atoms with van der Waals surface area (Å²) in [5.41, 5.74) is 3.26. The van der Waals surface area contributed by atoms with Crippen LogP contribution in [0.2, 0.25) is 0 Å². The van der Waals surface area contributed by atoms with Gasteiger partial charge in [0, 0.05) is 13.1 Å². The van der Waals surface area contributed by atoms with Crippen LogP contribution >= 0.6 is 0 Å². The number of aryl methyl sites for hydroxylation is 2. The molecule has 0 unspecified atom stereocenters. The molecule has 0 aliphatic rings. The van der Waals surface area contributed by atoms with Crippen molar-refractivity contribution in [3.8, 4) is 5.75 Å². The number of benzene rings is 2. The summed E-state index contributed by atoms with van der Waals surface area (Å²) < 4.78 is 5.77. The van der Waals surface area contributed by atoms with E-state index in [1.54, 1.807) is 4.90 Å². The third-order valence-corrected chi connectivity index (χ3v) is 5.11. The highest BCUT2D eigenvalue weighted by atomic mass is 16.5. The first kappa shape index (κ1) is 23.5. The smallest absolute Gasteiger partial charge is 0.261 e. The van der Waals surface area contributed by atoms with Crippen LogP contribution < -0.4 is 10.1 Å². The zero-order valence-electron chi connectivity index (χ0n) is 18.8. The third-order valence-electron chi connectivity index (χ3n) is 5.11. The predicted octanol–water partition coefficient (Wildman–Crippen LogP) is 4.26. The molecule has 0 fully saturated rings. The second-order valence-corrected chi connectivity index (χ2v) is 8.11. The van der Waals surface area contributed by atoms with Gasteiger partial charge in [-0.25, -0.2) is 0 Å². The summed E-state index contributed by atoms with van der Waals surface area (Å²) in [6, 6.07) is 15.0. The van der Waals surface area contributed by atoms with Gasteiger partial charge in [0.25, 0.3) is 5.91 Å². The van der Waals surface area contributed by atoms with E-state index in [-0.39, 0.29) is 18.4 Å². The lowest BCUT2D eigenvalue weighted by Gasteiger charge is -2.30. The summed E-state index contributed by atoms with van der Waals surface area (Å²) in [7, 11) is 0. The molecule has 1 N–H and O–H groups in total. The molecular formula is C25H34N2O3. The molecule has 0 saturated carbocycles. The van der Waals surface area contributed by atoms with Crippen LogP contribution in [-0.4, -0.2) is 35.9 Å². The molecule has 5 nitrogen and oxygen atoms in total. The van der Waals surface area contributed by atoms with Crippen LogP contribution in [0.4, 0.5) is 0 Å². The van der Waals surface area contributed by atoms with Crippen LogP contribution in [0.25, 0.3) is 0 Å². The minimum atomic E-state index is -0.542. The largest absolute Gasteiger partial charge is 0.484 e. The van der Waals surface area contributed by atoms with E-state index < -0.39 is 6.04 Å². The van der Waals surface area contributed by atoms with E-state index >= 15 is 0 Å². The molecule has 2 amide bonds. The molecule has 0 heterocycles. The molecule has 0 bridgehead atoms. The van der Waals surface area contributed by atoms with E-state index in [1.165, 1.54) is 5.56 Å². The predicted molar refractivity (Wildman–Crippen MR) is 120 cm³/mol. The van der Waals surface area contributed by atoms with Crippen molar-refractivity contribution in [3.05, 3.63) is 65.2 Å². The molecule has 0 saturated heterocycles. The van der Waals surface area contributed by atoms with Crippen molar-refractivity contribution in [2.45, 2.75) is 53.6 Å². The van der Waals surface area contributed by atoms with Gasteiger partial charge in [-0.3, -0.25) is 9.59 Å². The van der Waals surface area contributed by atoms with Crippen molar-refractivity contribution in [2.24, 2.45) is 5.92 Å². The van der Waals surface area contributed by atoms with Crippen molar-refractivity contribution in [1.82, 2.24) is 10.2 Å². The molecule has 2 rings (SSSR count). The quantitative estimate of drug-likeness (QED) is 0.637. The Hall–Kier alpha value is -2.82. The van der Waals surface area contributed by atoms with Crippen LogP contribution in [-0.2, 0) is 16.1 Å². The molecule has 0 aliphatic heterocycles. The number of ether oxygens (including phenoxy) is 1. The van der Waals surface area contributed by atoms with Gasteiger partial charge in [-0.15, -0.1) is 0 Å². The Morgan fingerprint density at radius 2 is 1.73 bits per heavy atom.